The molecule has 16 heavy (non-hydrogen) atoms. The molecule has 84 valence electrons. The number of anilines is 1. The smallest absolute Gasteiger partial charge is 0.138 e. The van der Waals surface area contributed by atoms with Crippen LogP contribution in [0.4, 0.5) is 10.1 Å². The van der Waals surface area contributed by atoms with Gasteiger partial charge in [0.1, 0.15) is 17.7 Å². The van der Waals surface area contributed by atoms with E-state index in [0.717, 1.165) is 5.71 Å². The predicted molar refractivity (Wildman–Crippen MR) is 61.7 cm³/mol. The topological polar surface area (TPSA) is 74.8 Å². The molecule has 1 aromatic carbocycles. The Morgan fingerprint density at radius 2 is 2.38 bits per heavy atom. The Kier molecular flexibility index (Phi) is 2.82. The highest BCUT2D eigenvalue weighted by atomic mass is 19.1. The minimum Gasteiger partial charge on any atom is -0.305 e. The number of hydrogen-bond donors (Lipinski definition) is 3. The van der Waals surface area contributed by atoms with Crippen LogP contribution in [0.3, 0.4) is 0 Å². The van der Waals surface area contributed by atoms with Crippen molar-refractivity contribution in [2.45, 2.75) is 13.1 Å². The number of nitrogens with one attached hydrogen (secondary N) is 2. The van der Waals surface area contributed by atoms with Crippen LogP contribution in [0.1, 0.15) is 6.92 Å². The minimum atomic E-state index is -0.416. The summed E-state index contributed by atoms with van der Waals surface area (Å²) in [6.07, 6.45) is -0.416. The number of nitrogens with zero attached hydrogens (tertiary/aromatic N) is 2. The van der Waals surface area contributed by atoms with E-state index in [4.69, 9.17) is 5.73 Å². The van der Waals surface area contributed by atoms with Crippen molar-refractivity contribution in [2.75, 3.05) is 5.43 Å². The van der Waals surface area contributed by atoms with Crippen LogP contribution in [-0.2, 0) is 0 Å². The first-order chi connectivity index (χ1) is 7.66. The van der Waals surface area contributed by atoms with Gasteiger partial charge in [0, 0.05) is 0 Å². The zero-order chi connectivity index (χ0) is 11.5. The van der Waals surface area contributed by atoms with E-state index >= 15 is 0 Å². The quantitative estimate of drug-likeness (QED) is 0.648. The van der Waals surface area contributed by atoms with E-state index in [2.05, 4.69) is 21.1 Å². The Morgan fingerprint density at radius 1 is 1.56 bits per heavy atom. The first-order valence-electron chi connectivity index (χ1n) is 4.82. The van der Waals surface area contributed by atoms with E-state index in [1.807, 2.05) is 0 Å². The van der Waals surface area contributed by atoms with E-state index in [0.29, 0.717) is 11.4 Å². The maximum Gasteiger partial charge on any atom is 0.138 e. The second-order valence-electron chi connectivity index (χ2n) is 3.42. The first-order valence-corrected chi connectivity index (χ1v) is 4.82. The SMILES string of the molecule is CC1=NNC(N)C1=NNc1cccc(F)c1. The summed E-state index contributed by atoms with van der Waals surface area (Å²) in [6.45, 7) is 1.80. The van der Waals surface area contributed by atoms with E-state index in [-0.39, 0.29) is 5.82 Å². The van der Waals surface area contributed by atoms with Gasteiger partial charge < -0.3 is 5.73 Å². The van der Waals surface area contributed by atoms with E-state index in [1.165, 1.54) is 12.1 Å². The van der Waals surface area contributed by atoms with E-state index in [9.17, 15) is 4.39 Å². The van der Waals surface area contributed by atoms with Crippen LogP contribution in [0.25, 0.3) is 0 Å². The molecule has 4 N–H and O–H groups in total. The van der Waals surface area contributed by atoms with Gasteiger partial charge in [-0.3, -0.25) is 10.9 Å². The van der Waals surface area contributed by atoms with Crippen LogP contribution in [0.15, 0.2) is 34.5 Å². The summed E-state index contributed by atoms with van der Waals surface area (Å²) >= 11 is 0. The van der Waals surface area contributed by atoms with Gasteiger partial charge in [-0.15, -0.1) is 0 Å². The van der Waals surface area contributed by atoms with Gasteiger partial charge in [-0.1, -0.05) is 6.07 Å². The number of halogens is 1. The Balaban J connectivity index is 2.12. The van der Waals surface area contributed by atoms with Crippen molar-refractivity contribution in [1.82, 2.24) is 5.43 Å². The van der Waals surface area contributed by atoms with Gasteiger partial charge in [-0.05, 0) is 25.1 Å². The molecule has 1 aliphatic heterocycles. The first kappa shape index (κ1) is 10.6. The minimum absolute atomic E-state index is 0.315. The molecular formula is C10H12FN5. The highest BCUT2D eigenvalue weighted by Crippen LogP contribution is 2.09. The summed E-state index contributed by atoms with van der Waals surface area (Å²) in [5, 5.41) is 8.00. The van der Waals surface area contributed by atoms with Crippen LogP contribution in [0, 0.1) is 5.82 Å². The fourth-order valence-electron chi connectivity index (χ4n) is 1.34. The van der Waals surface area contributed by atoms with Gasteiger partial charge in [0.15, 0.2) is 0 Å². The predicted octanol–water partition coefficient (Wildman–Crippen LogP) is 0.858. The van der Waals surface area contributed by atoms with Crippen molar-refractivity contribution < 1.29 is 4.39 Å². The van der Waals surface area contributed by atoms with Crippen molar-refractivity contribution in [3.05, 3.63) is 30.1 Å². The third-order valence-electron chi connectivity index (χ3n) is 2.17. The second kappa shape index (κ2) is 4.28. The maximum absolute atomic E-state index is 12.9. The molecule has 0 aliphatic carbocycles. The average molecular weight is 221 g/mol. The molecule has 2 rings (SSSR count). The molecule has 0 amide bonds. The molecule has 0 radical (unpaired) electrons. The number of nitrogens with two attached hydrogens (primary N) is 1. The number of benzene rings is 1. The lowest BCUT2D eigenvalue weighted by atomic mass is 10.2. The Bertz CT molecular complexity index is 454. The molecule has 1 unspecified atom stereocenters. The van der Waals surface area contributed by atoms with Gasteiger partial charge in [-0.25, -0.2) is 4.39 Å². The van der Waals surface area contributed by atoms with Crippen LogP contribution in [-0.4, -0.2) is 17.6 Å². The Morgan fingerprint density at radius 3 is 3.00 bits per heavy atom. The average Bonchev–Trinajstić information content (AvgIpc) is 2.56. The second-order valence-corrected chi connectivity index (χ2v) is 3.42. The van der Waals surface area contributed by atoms with Crippen LogP contribution >= 0.6 is 0 Å². The van der Waals surface area contributed by atoms with Gasteiger partial charge >= 0.3 is 0 Å². The fraction of sp³-hybridized carbons (Fsp3) is 0.200. The molecular weight excluding hydrogens is 209 g/mol. The summed E-state index contributed by atoms with van der Waals surface area (Å²) < 4.78 is 12.9. The molecule has 0 aromatic heterocycles. The molecule has 6 heteroatoms. The molecule has 1 aliphatic rings. The lowest BCUT2D eigenvalue weighted by Crippen LogP contribution is -2.38. The highest BCUT2D eigenvalue weighted by Gasteiger charge is 2.19. The van der Waals surface area contributed by atoms with Crippen molar-refractivity contribution in [2.24, 2.45) is 15.9 Å². The van der Waals surface area contributed by atoms with Crippen molar-refractivity contribution in [1.29, 1.82) is 0 Å². The summed E-state index contributed by atoms with van der Waals surface area (Å²) in [7, 11) is 0. The molecule has 1 atom stereocenters. The van der Waals surface area contributed by atoms with Crippen LogP contribution in [0.5, 0.6) is 0 Å². The van der Waals surface area contributed by atoms with Gasteiger partial charge in [-0.2, -0.15) is 10.2 Å². The largest absolute Gasteiger partial charge is 0.305 e. The standard InChI is InChI=1S/C10H12FN5/c1-6-9(10(12)16-13-6)15-14-8-4-2-3-7(11)5-8/h2-5,10,14,16H,12H2,1H3. The monoisotopic (exact) mass is 221 g/mol. The number of hydrazone groups is 2. The maximum atomic E-state index is 12.9. The number of hydrogen-bond acceptors (Lipinski definition) is 5. The molecule has 1 aromatic rings. The van der Waals surface area contributed by atoms with Crippen molar-refractivity contribution in [3.8, 4) is 0 Å². The van der Waals surface area contributed by atoms with Gasteiger partial charge in [0.2, 0.25) is 0 Å². The zero-order valence-electron chi connectivity index (χ0n) is 8.74. The summed E-state index contributed by atoms with van der Waals surface area (Å²) in [4.78, 5) is 0. The summed E-state index contributed by atoms with van der Waals surface area (Å²) in [6, 6.07) is 6.04. The van der Waals surface area contributed by atoms with Crippen LogP contribution < -0.4 is 16.6 Å². The summed E-state index contributed by atoms with van der Waals surface area (Å²) in [5.74, 6) is -0.315. The molecule has 5 nitrogen and oxygen atoms in total. The van der Waals surface area contributed by atoms with E-state index in [1.54, 1.807) is 19.1 Å². The van der Waals surface area contributed by atoms with Crippen molar-refractivity contribution in [3.63, 3.8) is 0 Å². The third-order valence-corrected chi connectivity index (χ3v) is 2.17. The lowest BCUT2D eigenvalue weighted by Gasteiger charge is -2.05. The van der Waals surface area contributed by atoms with Crippen molar-refractivity contribution >= 4 is 17.1 Å². The fourth-order valence-corrected chi connectivity index (χ4v) is 1.34. The number of rotatable bonds is 2. The zero-order valence-corrected chi connectivity index (χ0v) is 8.74. The Hall–Kier alpha value is -1.95. The lowest BCUT2D eigenvalue weighted by molar-refractivity contribution is 0.628. The molecule has 0 saturated heterocycles. The molecule has 0 fully saturated rings. The highest BCUT2D eigenvalue weighted by molar-refractivity contribution is 6.44. The van der Waals surface area contributed by atoms with Gasteiger partial charge in [0.05, 0.1) is 11.4 Å². The molecule has 0 saturated carbocycles. The molecule has 0 bridgehead atoms. The molecule has 1 heterocycles. The normalized spacial score (nSPS) is 21.8. The van der Waals surface area contributed by atoms with Gasteiger partial charge in [0.25, 0.3) is 0 Å². The Labute approximate surface area is 92.2 Å². The van der Waals surface area contributed by atoms with Crippen LogP contribution in [0.2, 0.25) is 0 Å². The molecule has 0 spiro atoms. The van der Waals surface area contributed by atoms with E-state index < -0.39 is 6.17 Å². The third kappa shape index (κ3) is 2.17. The summed E-state index contributed by atoms with van der Waals surface area (Å²) in [5.41, 5.74) is 13.0.